The van der Waals surface area contributed by atoms with Crippen LogP contribution in [0.4, 0.5) is 18.9 Å². The van der Waals surface area contributed by atoms with E-state index in [1.165, 1.54) is 23.5 Å². The first kappa shape index (κ1) is 15.1. The van der Waals surface area contributed by atoms with Gasteiger partial charge in [-0.2, -0.15) is 13.2 Å². The number of hydrogen-bond acceptors (Lipinski definition) is 4. The van der Waals surface area contributed by atoms with Gasteiger partial charge in [-0.1, -0.05) is 17.7 Å². The molecule has 0 aliphatic heterocycles. The van der Waals surface area contributed by atoms with Crippen molar-refractivity contribution in [3.63, 3.8) is 0 Å². The van der Waals surface area contributed by atoms with Crippen molar-refractivity contribution in [3.8, 4) is 0 Å². The second-order valence-corrected chi connectivity index (χ2v) is 5.62. The van der Waals surface area contributed by atoms with Crippen LogP contribution in [0.5, 0.6) is 0 Å². The van der Waals surface area contributed by atoms with Crippen LogP contribution >= 0.6 is 22.9 Å². The fraction of sp³-hybridized carbons (Fsp3) is 0.250. The van der Waals surface area contributed by atoms with Crippen molar-refractivity contribution in [2.45, 2.75) is 19.3 Å². The third-order valence-corrected chi connectivity index (χ3v) is 3.73. The largest absolute Gasteiger partial charge is 0.416 e. The molecule has 1 aromatic heterocycles. The highest BCUT2D eigenvalue weighted by atomic mass is 35.5. The Bertz CT molecular complexity index is 601. The summed E-state index contributed by atoms with van der Waals surface area (Å²) in [5.74, 6) is 0. The molecule has 0 unspecified atom stereocenters. The van der Waals surface area contributed by atoms with Gasteiger partial charge in [0.05, 0.1) is 18.7 Å². The predicted octanol–water partition coefficient (Wildman–Crippen LogP) is 3.92. The van der Waals surface area contributed by atoms with Crippen LogP contribution in [0.3, 0.4) is 0 Å². The minimum Gasteiger partial charge on any atom is -0.392 e. The number of aliphatic hydroxyl groups excluding tert-OH is 1. The highest BCUT2D eigenvalue weighted by molar-refractivity contribution is 7.15. The topological polar surface area (TPSA) is 45.1 Å². The molecular weight excluding hydrogens is 313 g/mol. The van der Waals surface area contributed by atoms with Gasteiger partial charge in [-0.05, 0) is 12.1 Å². The van der Waals surface area contributed by atoms with E-state index in [0.29, 0.717) is 11.0 Å². The summed E-state index contributed by atoms with van der Waals surface area (Å²) in [4.78, 5) is 4.63. The molecule has 108 valence electrons. The van der Waals surface area contributed by atoms with Crippen LogP contribution in [0.2, 0.25) is 4.47 Å². The number of benzene rings is 1. The van der Waals surface area contributed by atoms with Gasteiger partial charge in [-0.15, -0.1) is 11.3 Å². The quantitative estimate of drug-likeness (QED) is 0.896. The van der Waals surface area contributed by atoms with E-state index < -0.39 is 18.3 Å². The number of thiazole rings is 1. The number of halogens is 4. The van der Waals surface area contributed by atoms with E-state index in [4.69, 9.17) is 11.6 Å². The Morgan fingerprint density at radius 2 is 2.10 bits per heavy atom. The number of nitrogens with zero attached hydrogens (tertiary/aromatic N) is 1. The lowest BCUT2D eigenvalue weighted by atomic mass is 10.1. The number of anilines is 1. The van der Waals surface area contributed by atoms with Crippen LogP contribution in [0.1, 0.15) is 16.0 Å². The summed E-state index contributed by atoms with van der Waals surface area (Å²) in [5.41, 5.74) is -0.769. The third kappa shape index (κ3) is 3.41. The second-order valence-electron chi connectivity index (χ2n) is 3.92. The lowest BCUT2D eigenvalue weighted by molar-refractivity contribution is -0.138. The van der Waals surface area contributed by atoms with Crippen molar-refractivity contribution in [1.29, 1.82) is 0 Å². The second kappa shape index (κ2) is 5.99. The zero-order chi connectivity index (χ0) is 14.8. The summed E-state index contributed by atoms with van der Waals surface area (Å²) in [5, 5.41) is 12.1. The molecule has 0 bridgehead atoms. The van der Waals surface area contributed by atoms with Crippen LogP contribution in [-0.4, -0.2) is 10.1 Å². The van der Waals surface area contributed by atoms with Crippen molar-refractivity contribution in [2.24, 2.45) is 0 Å². The van der Waals surface area contributed by atoms with Gasteiger partial charge in [0.2, 0.25) is 0 Å². The molecule has 8 heteroatoms. The maximum Gasteiger partial charge on any atom is 0.416 e. The molecule has 3 nitrogen and oxygen atoms in total. The molecule has 1 heterocycles. The summed E-state index contributed by atoms with van der Waals surface area (Å²) in [7, 11) is 0. The Morgan fingerprint density at radius 1 is 1.35 bits per heavy atom. The van der Waals surface area contributed by atoms with Crippen molar-refractivity contribution in [1.82, 2.24) is 4.98 Å². The Labute approximate surface area is 122 Å². The minimum absolute atomic E-state index is 0.171. The van der Waals surface area contributed by atoms with Gasteiger partial charge in [0.15, 0.2) is 4.47 Å². The standard InChI is InChI=1S/C12H10ClF3N2OS/c13-11-18-5-7(20-11)4-17-10-3-1-2-9(8(10)6-19)12(14,15)16/h1-3,5,17,19H,4,6H2. The summed E-state index contributed by atoms with van der Waals surface area (Å²) in [6.07, 6.45) is -2.95. The first-order valence-corrected chi connectivity index (χ1v) is 6.75. The van der Waals surface area contributed by atoms with E-state index in [1.807, 2.05) is 0 Å². The molecule has 0 saturated heterocycles. The molecule has 2 rings (SSSR count). The van der Waals surface area contributed by atoms with Crippen molar-refractivity contribution in [2.75, 3.05) is 5.32 Å². The smallest absolute Gasteiger partial charge is 0.392 e. The van der Waals surface area contributed by atoms with E-state index in [0.717, 1.165) is 10.9 Å². The van der Waals surface area contributed by atoms with Crippen molar-refractivity contribution in [3.05, 3.63) is 44.9 Å². The summed E-state index contributed by atoms with van der Waals surface area (Å²) >= 11 is 6.91. The predicted molar refractivity (Wildman–Crippen MR) is 71.8 cm³/mol. The monoisotopic (exact) mass is 322 g/mol. The van der Waals surface area contributed by atoms with Crippen LogP contribution < -0.4 is 5.32 Å². The number of nitrogens with one attached hydrogen (secondary N) is 1. The SMILES string of the molecule is OCc1c(NCc2cnc(Cl)s2)cccc1C(F)(F)F. The Balaban J connectivity index is 2.23. The highest BCUT2D eigenvalue weighted by Crippen LogP contribution is 2.35. The number of aromatic nitrogens is 1. The van der Waals surface area contributed by atoms with E-state index in [1.54, 1.807) is 6.20 Å². The molecule has 0 amide bonds. The number of rotatable bonds is 4. The number of alkyl halides is 3. The first-order chi connectivity index (χ1) is 9.41. The molecule has 0 aliphatic carbocycles. The van der Waals surface area contributed by atoms with Crippen LogP contribution in [-0.2, 0) is 19.3 Å². The van der Waals surface area contributed by atoms with Gasteiger partial charge in [-0.25, -0.2) is 4.98 Å². The molecule has 2 N–H and O–H groups in total. The van der Waals surface area contributed by atoms with Crippen molar-refractivity contribution >= 4 is 28.6 Å². The average molecular weight is 323 g/mol. The summed E-state index contributed by atoms with van der Waals surface area (Å²) in [6.45, 7) is -0.403. The fourth-order valence-electron chi connectivity index (χ4n) is 1.74. The van der Waals surface area contributed by atoms with Gasteiger partial charge < -0.3 is 10.4 Å². The molecule has 0 saturated carbocycles. The molecule has 0 radical (unpaired) electrons. The summed E-state index contributed by atoms with van der Waals surface area (Å²) < 4.78 is 38.8. The molecule has 1 aromatic carbocycles. The van der Waals surface area contributed by atoms with Gasteiger partial charge in [-0.3, -0.25) is 0 Å². The Kier molecular flexibility index (Phi) is 4.52. The average Bonchev–Trinajstić information content (AvgIpc) is 2.80. The van der Waals surface area contributed by atoms with Crippen LogP contribution in [0.25, 0.3) is 0 Å². The number of hydrogen-bond donors (Lipinski definition) is 2. The maximum atomic E-state index is 12.8. The Morgan fingerprint density at radius 3 is 2.65 bits per heavy atom. The van der Waals surface area contributed by atoms with Gasteiger partial charge in [0.25, 0.3) is 0 Å². The van der Waals surface area contributed by atoms with Gasteiger partial charge in [0.1, 0.15) is 0 Å². The van der Waals surface area contributed by atoms with Gasteiger partial charge >= 0.3 is 6.18 Å². The molecule has 0 atom stereocenters. The molecule has 0 aliphatic rings. The molecule has 20 heavy (non-hydrogen) atoms. The molecule has 0 fully saturated rings. The minimum atomic E-state index is -4.50. The molecule has 0 spiro atoms. The van der Waals surface area contributed by atoms with E-state index in [2.05, 4.69) is 10.3 Å². The summed E-state index contributed by atoms with van der Waals surface area (Å²) in [6, 6.07) is 3.73. The first-order valence-electron chi connectivity index (χ1n) is 5.56. The molecular formula is C12H10ClF3N2OS. The fourth-order valence-corrected chi connectivity index (χ4v) is 2.65. The van der Waals surface area contributed by atoms with Crippen LogP contribution in [0.15, 0.2) is 24.4 Å². The lowest BCUT2D eigenvalue weighted by Gasteiger charge is -2.16. The molecule has 2 aromatic rings. The van der Waals surface area contributed by atoms with Crippen molar-refractivity contribution < 1.29 is 18.3 Å². The third-order valence-electron chi connectivity index (χ3n) is 2.62. The van der Waals surface area contributed by atoms with Gasteiger partial charge in [0, 0.05) is 22.3 Å². The zero-order valence-electron chi connectivity index (χ0n) is 10.0. The van der Waals surface area contributed by atoms with E-state index in [-0.39, 0.29) is 11.3 Å². The van der Waals surface area contributed by atoms with E-state index in [9.17, 15) is 18.3 Å². The van der Waals surface area contributed by atoms with E-state index >= 15 is 0 Å². The maximum absolute atomic E-state index is 12.8. The van der Waals surface area contributed by atoms with Crippen LogP contribution in [0, 0.1) is 0 Å². The zero-order valence-corrected chi connectivity index (χ0v) is 11.6. The lowest BCUT2D eigenvalue weighted by Crippen LogP contribution is -2.12. The normalized spacial score (nSPS) is 11.7. The highest BCUT2D eigenvalue weighted by Gasteiger charge is 2.33. The Hall–Kier alpha value is -1.31. The number of aliphatic hydroxyl groups is 1.